The number of ether oxygens (including phenoxy) is 1. The molecular formula is C19H17N3O4. The van der Waals surface area contributed by atoms with Crippen LogP contribution in [-0.2, 0) is 13.0 Å². The van der Waals surface area contributed by atoms with E-state index in [1.165, 1.54) is 0 Å². The number of aromatic nitrogens is 2. The molecule has 7 heteroatoms. The van der Waals surface area contributed by atoms with Gasteiger partial charge in [0, 0.05) is 18.2 Å². The summed E-state index contributed by atoms with van der Waals surface area (Å²) >= 11 is 0. The Morgan fingerprint density at radius 1 is 1.23 bits per heavy atom. The average Bonchev–Trinajstić information content (AvgIpc) is 3.09. The van der Waals surface area contributed by atoms with Gasteiger partial charge in [0.25, 0.3) is 17.4 Å². The zero-order valence-corrected chi connectivity index (χ0v) is 14.2. The third-order valence-corrected chi connectivity index (χ3v) is 4.23. The van der Waals surface area contributed by atoms with E-state index < -0.39 is 0 Å². The van der Waals surface area contributed by atoms with E-state index >= 15 is 0 Å². The maximum atomic E-state index is 12.7. The number of para-hydroxylation sites is 1. The van der Waals surface area contributed by atoms with Gasteiger partial charge in [0.15, 0.2) is 5.76 Å². The molecule has 4 rings (SSSR count). The van der Waals surface area contributed by atoms with E-state index in [1.54, 1.807) is 36.1 Å². The molecule has 1 N–H and O–H groups in total. The molecule has 1 aromatic carbocycles. The number of fused-ring (bicyclic) bond motifs is 1. The Bertz CT molecular complexity index is 1010. The second kappa shape index (κ2) is 6.51. The van der Waals surface area contributed by atoms with Gasteiger partial charge in [-0.3, -0.25) is 9.59 Å². The minimum absolute atomic E-state index is 0.129. The van der Waals surface area contributed by atoms with Crippen molar-refractivity contribution in [1.29, 1.82) is 0 Å². The van der Waals surface area contributed by atoms with Crippen molar-refractivity contribution >= 4 is 5.91 Å². The van der Waals surface area contributed by atoms with Gasteiger partial charge in [-0.25, -0.2) is 4.98 Å². The van der Waals surface area contributed by atoms with Gasteiger partial charge < -0.3 is 19.0 Å². The Hall–Kier alpha value is -3.35. The fourth-order valence-corrected chi connectivity index (χ4v) is 2.99. The Kier molecular flexibility index (Phi) is 4.04. The maximum Gasteiger partial charge on any atom is 0.290 e. The number of benzene rings is 1. The van der Waals surface area contributed by atoms with Crippen LogP contribution >= 0.6 is 0 Å². The smallest absolute Gasteiger partial charge is 0.290 e. The highest BCUT2D eigenvalue weighted by molar-refractivity contribution is 5.91. The molecule has 132 valence electrons. The Labute approximate surface area is 149 Å². The summed E-state index contributed by atoms with van der Waals surface area (Å²) in [5.74, 6) is 1.37. The lowest BCUT2D eigenvalue weighted by Crippen LogP contribution is -2.39. The minimum atomic E-state index is -0.252. The van der Waals surface area contributed by atoms with Gasteiger partial charge in [-0.15, -0.1) is 0 Å². The lowest BCUT2D eigenvalue weighted by Gasteiger charge is -2.26. The summed E-state index contributed by atoms with van der Waals surface area (Å²) < 4.78 is 11.1. The number of nitrogens with zero attached hydrogens (tertiary/aromatic N) is 2. The van der Waals surface area contributed by atoms with Crippen molar-refractivity contribution in [2.45, 2.75) is 19.9 Å². The first-order valence-electron chi connectivity index (χ1n) is 8.31. The molecular weight excluding hydrogens is 334 g/mol. The minimum Gasteiger partial charge on any atom is -0.426 e. The number of H-pyrrole nitrogens is 1. The van der Waals surface area contributed by atoms with E-state index in [2.05, 4.69) is 9.97 Å². The molecule has 1 aliphatic rings. The van der Waals surface area contributed by atoms with Crippen LogP contribution < -0.4 is 10.3 Å². The highest BCUT2D eigenvalue weighted by Crippen LogP contribution is 2.25. The summed E-state index contributed by atoms with van der Waals surface area (Å²) in [4.78, 5) is 33.4. The summed E-state index contributed by atoms with van der Waals surface area (Å²) in [6.07, 6.45) is 0.470. The Morgan fingerprint density at radius 2 is 2.04 bits per heavy atom. The van der Waals surface area contributed by atoms with Gasteiger partial charge >= 0.3 is 0 Å². The van der Waals surface area contributed by atoms with Crippen molar-refractivity contribution < 1.29 is 13.9 Å². The van der Waals surface area contributed by atoms with Crippen molar-refractivity contribution in [1.82, 2.24) is 14.9 Å². The first-order chi connectivity index (χ1) is 12.6. The molecule has 0 bridgehead atoms. The van der Waals surface area contributed by atoms with E-state index in [-0.39, 0.29) is 29.7 Å². The third kappa shape index (κ3) is 3.11. The molecule has 7 nitrogen and oxygen atoms in total. The summed E-state index contributed by atoms with van der Waals surface area (Å²) in [7, 11) is 0. The molecule has 0 fully saturated rings. The number of carbonyl (C=O) groups is 1. The summed E-state index contributed by atoms with van der Waals surface area (Å²) in [5, 5.41) is 0. The fraction of sp³-hybridized carbons (Fsp3) is 0.211. The highest BCUT2D eigenvalue weighted by Gasteiger charge is 2.26. The molecule has 0 spiro atoms. The number of furan rings is 1. The van der Waals surface area contributed by atoms with Crippen LogP contribution in [0, 0.1) is 6.92 Å². The van der Waals surface area contributed by atoms with Crippen LogP contribution in [0.5, 0.6) is 11.7 Å². The number of hydrogen-bond donors (Lipinski definition) is 1. The lowest BCUT2D eigenvalue weighted by atomic mass is 10.1. The van der Waals surface area contributed by atoms with Gasteiger partial charge in [-0.05, 0) is 31.5 Å². The van der Waals surface area contributed by atoms with E-state index in [1.807, 2.05) is 18.2 Å². The fourth-order valence-electron chi connectivity index (χ4n) is 2.99. The Balaban J connectivity index is 1.51. The molecule has 3 aromatic rings. The van der Waals surface area contributed by atoms with E-state index in [4.69, 9.17) is 9.15 Å². The largest absolute Gasteiger partial charge is 0.426 e. The maximum absolute atomic E-state index is 12.7. The van der Waals surface area contributed by atoms with Crippen LogP contribution in [0.1, 0.15) is 27.6 Å². The number of amides is 1. The van der Waals surface area contributed by atoms with Gasteiger partial charge in [0.2, 0.25) is 0 Å². The van der Waals surface area contributed by atoms with Crippen LogP contribution in [0.15, 0.2) is 51.7 Å². The number of hydrogen-bond acceptors (Lipinski definition) is 5. The molecule has 26 heavy (non-hydrogen) atoms. The average molecular weight is 351 g/mol. The topological polar surface area (TPSA) is 88.4 Å². The number of rotatable bonds is 3. The molecule has 0 unspecified atom stereocenters. The summed E-state index contributed by atoms with van der Waals surface area (Å²) in [5.41, 5.74) is 1.15. The zero-order valence-electron chi connectivity index (χ0n) is 14.2. The van der Waals surface area contributed by atoms with Crippen molar-refractivity contribution in [3.8, 4) is 11.7 Å². The molecule has 0 atom stereocenters. The predicted molar refractivity (Wildman–Crippen MR) is 93.3 cm³/mol. The first-order valence-corrected chi connectivity index (χ1v) is 8.31. The van der Waals surface area contributed by atoms with Crippen LogP contribution in [0.25, 0.3) is 0 Å². The zero-order chi connectivity index (χ0) is 18.1. The van der Waals surface area contributed by atoms with Crippen molar-refractivity contribution in [2.75, 3.05) is 6.54 Å². The van der Waals surface area contributed by atoms with E-state index in [0.29, 0.717) is 35.8 Å². The number of carbonyl (C=O) groups excluding carboxylic acids is 1. The van der Waals surface area contributed by atoms with Crippen LogP contribution in [0.4, 0.5) is 0 Å². The van der Waals surface area contributed by atoms with Crippen molar-refractivity contribution in [2.24, 2.45) is 0 Å². The van der Waals surface area contributed by atoms with E-state index in [9.17, 15) is 9.59 Å². The third-order valence-electron chi connectivity index (χ3n) is 4.23. The molecule has 0 radical (unpaired) electrons. The van der Waals surface area contributed by atoms with Gasteiger partial charge in [0.05, 0.1) is 12.2 Å². The molecule has 0 saturated carbocycles. The Morgan fingerprint density at radius 3 is 2.85 bits per heavy atom. The lowest BCUT2D eigenvalue weighted by molar-refractivity contribution is 0.0693. The SMILES string of the molecule is Cc1nc2c(c(=O)[nH]1)CCN(C(=O)c1ccc(Oc3ccccc3)o1)C2. The van der Waals surface area contributed by atoms with Crippen LogP contribution in [0.2, 0.25) is 0 Å². The van der Waals surface area contributed by atoms with Gasteiger partial charge in [-0.2, -0.15) is 0 Å². The molecule has 1 amide bonds. The monoisotopic (exact) mass is 351 g/mol. The normalized spacial score (nSPS) is 13.3. The second-order valence-corrected chi connectivity index (χ2v) is 6.09. The molecule has 1 aliphatic heterocycles. The van der Waals surface area contributed by atoms with Crippen molar-refractivity contribution in [3.63, 3.8) is 0 Å². The number of nitrogens with one attached hydrogen (secondary N) is 1. The molecule has 0 aliphatic carbocycles. The van der Waals surface area contributed by atoms with Gasteiger partial charge in [0.1, 0.15) is 11.6 Å². The summed E-state index contributed by atoms with van der Waals surface area (Å²) in [6, 6.07) is 12.4. The van der Waals surface area contributed by atoms with Crippen LogP contribution in [0.3, 0.4) is 0 Å². The second-order valence-electron chi connectivity index (χ2n) is 6.09. The van der Waals surface area contributed by atoms with Crippen LogP contribution in [-0.4, -0.2) is 27.3 Å². The number of aromatic amines is 1. The molecule has 3 heterocycles. The molecule has 0 saturated heterocycles. The molecule has 2 aromatic heterocycles. The first kappa shape index (κ1) is 16.1. The van der Waals surface area contributed by atoms with Gasteiger partial charge in [-0.1, -0.05) is 18.2 Å². The number of aryl methyl sites for hydroxylation is 1. The predicted octanol–water partition coefficient (Wildman–Crippen LogP) is 2.66. The van der Waals surface area contributed by atoms with Crippen molar-refractivity contribution in [3.05, 3.63) is 75.7 Å². The summed E-state index contributed by atoms with van der Waals surface area (Å²) in [6.45, 7) is 2.45. The standard InChI is InChI=1S/C19H17N3O4/c1-12-20-15-11-22(10-9-14(15)18(23)21-12)19(24)16-7-8-17(26-16)25-13-5-3-2-4-6-13/h2-8H,9-11H2,1H3,(H,20,21,23). The van der Waals surface area contributed by atoms with E-state index in [0.717, 1.165) is 0 Å². The highest BCUT2D eigenvalue weighted by atomic mass is 16.6. The quantitative estimate of drug-likeness (QED) is 0.784.